The second kappa shape index (κ2) is 5.13. The molecule has 1 saturated heterocycles. The van der Waals surface area contributed by atoms with E-state index in [4.69, 9.17) is 4.74 Å². The zero-order valence-corrected chi connectivity index (χ0v) is 10.2. The van der Waals surface area contributed by atoms with Gasteiger partial charge >= 0.3 is 0 Å². The standard InChI is InChI=1S/C12H25NO/c1-12(2,3)7-10-13-8-5-11(14-4)6-9-13/h11H,5-10H2,1-4H3. The van der Waals surface area contributed by atoms with Crippen LogP contribution in [0, 0.1) is 5.41 Å². The smallest absolute Gasteiger partial charge is 0.0595 e. The summed E-state index contributed by atoms with van der Waals surface area (Å²) in [5.74, 6) is 0. The molecule has 0 radical (unpaired) electrons. The van der Waals surface area contributed by atoms with Crippen LogP contribution in [0.25, 0.3) is 0 Å². The van der Waals surface area contributed by atoms with E-state index < -0.39 is 0 Å². The maximum atomic E-state index is 5.36. The van der Waals surface area contributed by atoms with Crippen LogP contribution in [0.1, 0.15) is 40.0 Å². The molecule has 0 bridgehead atoms. The highest BCUT2D eigenvalue weighted by molar-refractivity contribution is 4.74. The minimum absolute atomic E-state index is 0.470. The lowest BCUT2D eigenvalue weighted by Gasteiger charge is -2.32. The summed E-state index contributed by atoms with van der Waals surface area (Å²) in [7, 11) is 1.83. The molecule has 0 aromatic rings. The molecule has 0 atom stereocenters. The molecule has 14 heavy (non-hydrogen) atoms. The van der Waals surface area contributed by atoms with Crippen molar-refractivity contribution in [1.82, 2.24) is 4.90 Å². The molecule has 0 N–H and O–H groups in total. The van der Waals surface area contributed by atoms with E-state index >= 15 is 0 Å². The first kappa shape index (κ1) is 12.0. The fraction of sp³-hybridized carbons (Fsp3) is 1.00. The molecule has 0 aromatic carbocycles. The molecule has 1 aliphatic rings. The highest BCUT2D eigenvalue weighted by Gasteiger charge is 2.20. The molecular weight excluding hydrogens is 174 g/mol. The van der Waals surface area contributed by atoms with E-state index in [1.807, 2.05) is 7.11 Å². The van der Waals surface area contributed by atoms with Crippen molar-refractivity contribution in [2.75, 3.05) is 26.7 Å². The maximum Gasteiger partial charge on any atom is 0.0595 e. The fourth-order valence-electron chi connectivity index (χ4n) is 1.86. The van der Waals surface area contributed by atoms with Crippen LogP contribution >= 0.6 is 0 Å². The quantitative estimate of drug-likeness (QED) is 0.692. The molecule has 1 rings (SSSR count). The maximum absolute atomic E-state index is 5.36. The molecule has 2 heteroatoms. The van der Waals surface area contributed by atoms with E-state index in [-0.39, 0.29) is 0 Å². The minimum Gasteiger partial charge on any atom is -0.381 e. The SMILES string of the molecule is COC1CCN(CCC(C)(C)C)CC1. The Labute approximate surface area is 88.6 Å². The number of nitrogens with zero attached hydrogens (tertiary/aromatic N) is 1. The lowest BCUT2D eigenvalue weighted by molar-refractivity contribution is 0.0383. The number of rotatable bonds is 3. The van der Waals surface area contributed by atoms with Gasteiger partial charge in [-0.05, 0) is 31.2 Å². The summed E-state index contributed by atoms with van der Waals surface area (Å²) in [6, 6.07) is 0. The zero-order chi connectivity index (χ0) is 10.6. The Morgan fingerprint density at radius 3 is 2.21 bits per heavy atom. The van der Waals surface area contributed by atoms with Crippen molar-refractivity contribution < 1.29 is 4.74 Å². The van der Waals surface area contributed by atoms with Crippen LogP contribution in [0.2, 0.25) is 0 Å². The van der Waals surface area contributed by atoms with E-state index in [1.54, 1.807) is 0 Å². The predicted molar refractivity (Wildman–Crippen MR) is 60.5 cm³/mol. The van der Waals surface area contributed by atoms with Gasteiger partial charge in [0.25, 0.3) is 0 Å². The average molecular weight is 199 g/mol. The Bertz CT molecular complexity index is 154. The lowest BCUT2D eigenvalue weighted by atomic mass is 9.92. The molecule has 0 aromatic heterocycles. The van der Waals surface area contributed by atoms with Crippen molar-refractivity contribution in [2.24, 2.45) is 5.41 Å². The van der Waals surface area contributed by atoms with Crippen LogP contribution < -0.4 is 0 Å². The molecule has 1 fully saturated rings. The van der Waals surface area contributed by atoms with Gasteiger partial charge < -0.3 is 9.64 Å². The van der Waals surface area contributed by atoms with Gasteiger partial charge in [-0.3, -0.25) is 0 Å². The minimum atomic E-state index is 0.470. The van der Waals surface area contributed by atoms with Crippen LogP contribution in [0.4, 0.5) is 0 Å². The van der Waals surface area contributed by atoms with Crippen LogP contribution in [0.5, 0.6) is 0 Å². The summed E-state index contributed by atoms with van der Waals surface area (Å²) >= 11 is 0. The first-order valence-corrected chi connectivity index (χ1v) is 5.76. The Balaban J connectivity index is 2.16. The molecular formula is C12H25NO. The monoisotopic (exact) mass is 199 g/mol. The molecule has 0 aliphatic carbocycles. The third kappa shape index (κ3) is 4.43. The van der Waals surface area contributed by atoms with Gasteiger partial charge in [-0.2, -0.15) is 0 Å². The normalized spacial score (nSPS) is 21.4. The topological polar surface area (TPSA) is 12.5 Å². The molecule has 0 spiro atoms. The molecule has 1 heterocycles. The van der Waals surface area contributed by atoms with Crippen molar-refractivity contribution in [3.8, 4) is 0 Å². The molecule has 0 unspecified atom stereocenters. The predicted octanol–water partition coefficient (Wildman–Crippen LogP) is 2.53. The van der Waals surface area contributed by atoms with Gasteiger partial charge in [-0.15, -0.1) is 0 Å². The van der Waals surface area contributed by atoms with Crippen LogP contribution in [0.15, 0.2) is 0 Å². The van der Waals surface area contributed by atoms with Crippen molar-refractivity contribution in [1.29, 1.82) is 0 Å². The van der Waals surface area contributed by atoms with Crippen molar-refractivity contribution in [3.63, 3.8) is 0 Å². The summed E-state index contributed by atoms with van der Waals surface area (Å²) in [4.78, 5) is 2.57. The third-order valence-electron chi connectivity index (χ3n) is 3.05. The number of likely N-dealkylation sites (tertiary alicyclic amines) is 1. The fourth-order valence-corrected chi connectivity index (χ4v) is 1.86. The summed E-state index contributed by atoms with van der Waals surface area (Å²) in [5.41, 5.74) is 0.470. The Morgan fingerprint density at radius 1 is 1.21 bits per heavy atom. The Morgan fingerprint density at radius 2 is 1.79 bits per heavy atom. The van der Waals surface area contributed by atoms with Gasteiger partial charge in [0, 0.05) is 20.2 Å². The summed E-state index contributed by atoms with van der Waals surface area (Å²) < 4.78 is 5.36. The molecule has 1 aliphatic heterocycles. The molecule has 2 nitrogen and oxygen atoms in total. The lowest BCUT2D eigenvalue weighted by Crippen LogP contribution is -2.38. The highest BCUT2D eigenvalue weighted by Crippen LogP contribution is 2.20. The summed E-state index contributed by atoms with van der Waals surface area (Å²) in [6.07, 6.45) is 4.23. The van der Waals surface area contributed by atoms with Gasteiger partial charge in [-0.1, -0.05) is 20.8 Å². The van der Waals surface area contributed by atoms with Gasteiger partial charge in [0.2, 0.25) is 0 Å². The molecule has 0 saturated carbocycles. The summed E-state index contributed by atoms with van der Waals surface area (Å²) in [6.45, 7) is 10.6. The Kier molecular flexibility index (Phi) is 4.39. The second-order valence-electron chi connectivity index (χ2n) is 5.59. The number of hydrogen-bond acceptors (Lipinski definition) is 2. The Hall–Kier alpha value is -0.0800. The number of methoxy groups -OCH3 is 1. The van der Waals surface area contributed by atoms with E-state index in [2.05, 4.69) is 25.7 Å². The van der Waals surface area contributed by atoms with Crippen LogP contribution in [-0.4, -0.2) is 37.7 Å². The van der Waals surface area contributed by atoms with E-state index in [0.717, 1.165) is 0 Å². The van der Waals surface area contributed by atoms with Crippen LogP contribution in [-0.2, 0) is 4.74 Å². The third-order valence-corrected chi connectivity index (χ3v) is 3.05. The van der Waals surface area contributed by atoms with E-state index in [1.165, 1.54) is 38.9 Å². The summed E-state index contributed by atoms with van der Waals surface area (Å²) in [5, 5.41) is 0. The van der Waals surface area contributed by atoms with Crippen LogP contribution in [0.3, 0.4) is 0 Å². The first-order chi connectivity index (χ1) is 6.51. The number of hydrogen-bond donors (Lipinski definition) is 0. The number of ether oxygens (including phenoxy) is 1. The van der Waals surface area contributed by atoms with Crippen molar-refractivity contribution in [3.05, 3.63) is 0 Å². The molecule has 0 amide bonds. The molecule has 84 valence electrons. The van der Waals surface area contributed by atoms with Crippen molar-refractivity contribution >= 4 is 0 Å². The van der Waals surface area contributed by atoms with Gasteiger partial charge in [0.05, 0.1) is 6.10 Å². The largest absolute Gasteiger partial charge is 0.381 e. The van der Waals surface area contributed by atoms with Gasteiger partial charge in [0.15, 0.2) is 0 Å². The van der Waals surface area contributed by atoms with Gasteiger partial charge in [0.1, 0.15) is 0 Å². The average Bonchev–Trinajstić information content (AvgIpc) is 2.14. The first-order valence-electron chi connectivity index (χ1n) is 5.76. The van der Waals surface area contributed by atoms with Gasteiger partial charge in [-0.25, -0.2) is 0 Å². The number of piperidine rings is 1. The zero-order valence-electron chi connectivity index (χ0n) is 10.2. The second-order valence-corrected chi connectivity index (χ2v) is 5.59. The van der Waals surface area contributed by atoms with E-state index in [0.29, 0.717) is 11.5 Å². The van der Waals surface area contributed by atoms with Crippen molar-refractivity contribution in [2.45, 2.75) is 46.1 Å². The highest BCUT2D eigenvalue weighted by atomic mass is 16.5. The van der Waals surface area contributed by atoms with E-state index in [9.17, 15) is 0 Å².